The highest BCUT2D eigenvalue weighted by atomic mass is 31.2. The highest BCUT2D eigenvalue weighted by molar-refractivity contribution is 7.50. The predicted molar refractivity (Wildman–Crippen MR) is 103 cm³/mol. The lowest BCUT2D eigenvalue weighted by molar-refractivity contribution is -0.137. The van der Waals surface area contributed by atoms with Crippen molar-refractivity contribution < 1.29 is 27.5 Å². The Kier molecular flexibility index (Phi) is 4.80. The van der Waals surface area contributed by atoms with E-state index >= 15 is 0 Å². The van der Waals surface area contributed by atoms with Crippen LogP contribution in [0.5, 0.6) is 0 Å². The first-order chi connectivity index (χ1) is 14.4. The van der Waals surface area contributed by atoms with Gasteiger partial charge in [0.2, 0.25) is 5.65 Å². The van der Waals surface area contributed by atoms with E-state index in [1.807, 2.05) is 0 Å². The second-order valence-corrected chi connectivity index (χ2v) is 8.60. The molecule has 3 N–H and O–H groups in total. The van der Waals surface area contributed by atoms with E-state index in [0.29, 0.717) is 17.9 Å². The number of H-pyrrole nitrogens is 1. The van der Waals surface area contributed by atoms with Gasteiger partial charge in [-0.15, -0.1) is 10.2 Å². The summed E-state index contributed by atoms with van der Waals surface area (Å²) in [7, 11) is -4.60. The highest BCUT2D eigenvalue weighted by Gasteiger charge is 2.35. The van der Waals surface area contributed by atoms with E-state index in [-0.39, 0.29) is 28.2 Å². The van der Waals surface area contributed by atoms with Crippen LogP contribution in [-0.2, 0) is 23.3 Å². The Morgan fingerprint density at radius 3 is 2.52 bits per heavy atom. The topological polar surface area (TPSA) is 138 Å². The average molecular weight is 456 g/mol. The van der Waals surface area contributed by atoms with Gasteiger partial charge in [0, 0.05) is 12.6 Å². The van der Waals surface area contributed by atoms with Crippen LogP contribution in [0.2, 0.25) is 0 Å². The molecular weight excluding hydrogens is 440 g/mol. The van der Waals surface area contributed by atoms with Crippen LogP contribution in [0, 0.1) is 6.92 Å². The zero-order chi connectivity index (χ0) is 22.7. The maximum absolute atomic E-state index is 13.9. The van der Waals surface area contributed by atoms with Crippen molar-refractivity contribution in [2.24, 2.45) is 0 Å². The van der Waals surface area contributed by atoms with Gasteiger partial charge in [0.25, 0.3) is 5.56 Å². The van der Waals surface area contributed by atoms with Gasteiger partial charge in [-0.1, -0.05) is 6.92 Å². The highest BCUT2D eigenvalue weighted by Crippen LogP contribution is 2.40. The van der Waals surface area contributed by atoms with Crippen LogP contribution < -0.4 is 5.56 Å². The Hall–Kier alpha value is -3.02. The number of hydrogen-bond donors (Lipinski definition) is 3. The number of aromatic nitrogens is 6. The standard InChI is InChI=1S/C17H16F3N6O4P/c1-3-13-21-8(2)6-25(13)11-5-12-10(4-9(11)17(18,19)20)22-16(27)15-24-23-14(26(12)15)7-31(28,29)30/h4-6H,3,7H2,1-2H3,(H,22,27)(H2,28,29,30). The fourth-order valence-electron chi connectivity index (χ4n) is 3.48. The molecule has 31 heavy (non-hydrogen) atoms. The zero-order valence-corrected chi connectivity index (χ0v) is 17.1. The SMILES string of the molecule is CCc1nc(C)cn1-c1cc2c(cc1C(F)(F)F)[nH]c(=O)c1nnc(CP(=O)(O)O)n12. The van der Waals surface area contributed by atoms with E-state index in [1.54, 1.807) is 13.8 Å². The van der Waals surface area contributed by atoms with E-state index in [9.17, 15) is 32.3 Å². The molecule has 0 fully saturated rings. The third-order valence-corrected chi connectivity index (χ3v) is 5.36. The van der Waals surface area contributed by atoms with E-state index in [4.69, 9.17) is 0 Å². The molecule has 4 rings (SSSR count). The third kappa shape index (κ3) is 3.75. The number of alkyl halides is 3. The molecule has 0 unspecified atom stereocenters. The van der Waals surface area contributed by atoms with Gasteiger partial charge in [0.1, 0.15) is 17.8 Å². The summed E-state index contributed by atoms with van der Waals surface area (Å²) in [5.74, 6) is 0.143. The maximum atomic E-state index is 13.9. The van der Waals surface area contributed by atoms with Gasteiger partial charge in [-0.05, 0) is 19.1 Å². The number of benzene rings is 1. The summed E-state index contributed by atoms with van der Waals surface area (Å²) in [5.41, 5.74) is -2.00. The first kappa shape index (κ1) is 21.2. The van der Waals surface area contributed by atoms with Crippen LogP contribution in [0.15, 0.2) is 23.1 Å². The molecule has 1 aromatic carbocycles. The van der Waals surface area contributed by atoms with Crippen molar-refractivity contribution in [1.29, 1.82) is 0 Å². The largest absolute Gasteiger partial charge is 0.418 e. The van der Waals surface area contributed by atoms with E-state index in [1.165, 1.54) is 16.8 Å². The van der Waals surface area contributed by atoms with Gasteiger partial charge in [0.05, 0.1) is 28.0 Å². The molecule has 0 bridgehead atoms. The molecule has 0 spiro atoms. The second kappa shape index (κ2) is 7.01. The van der Waals surface area contributed by atoms with Gasteiger partial charge in [-0.3, -0.25) is 13.8 Å². The van der Waals surface area contributed by atoms with Crippen molar-refractivity contribution in [2.45, 2.75) is 32.6 Å². The summed E-state index contributed by atoms with van der Waals surface area (Å²) in [6.45, 7) is 3.40. The molecule has 0 amide bonds. The van der Waals surface area contributed by atoms with Crippen molar-refractivity contribution >= 4 is 24.3 Å². The van der Waals surface area contributed by atoms with Crippen LogP contribution >= 0.6 is 7.60 Å². The van der Waals surface area contributed by atoms with Crippen LogP contribution in [0.1, 0.15) is 29.8 Å². The van der Waals surface area contributed by atoms with Gasteiger partial charge < -0.3 is 19.3 Å². The van der Waals surface area contributed by atoms with E-state index in [2.05, 4.69) is 20.2 Å². The number of rotatable bonds is 4. The smallest absolute Gasteiger partial charge is 0.324 e. The van der Waals surface area contributed by atoms with Crippen molar-refractivity contribution in [2.75, 3.05) is 0 Å². The number of halogens is 3. The Labute approximate surface area is 171 Å². The molecule has 0 aliphatic heterocycles. The van der Waals surface area contributed by atoms with Crippen molar-refractivity contribution in [3.8, 4) is 5.69 Å². The summed E-state index contributed by atoms with van der Waals surface area (Å²) in [6.07, 6.45) is -3.77. The van der Waals surface area contributed by atoms with E-state index < -0.39 is 31.1 Å². The first-order valence-corrected chi connectivity index (χ1v) is 10.8. The van der Waals surface area contributed by atoms with E-state index in [0.717, 1.165) is 10.5 Å². The quantitative estimate of drug-likeness (QED) is 0.401. The maximum Gasteiger partial charge on any atom is 0.418 e. The third-order valence-electron chi connectivity index (χ3n) is 4.66. The normalized spacial score (nSPS) is 12.9. The summed E-state index contributed by atoms with van der Waals surface area (Å²) in [4.78, 5) is 37.6. The van der Waals surface area contributed by atoms with Gasteiger partial charge in [-0.25, -0.2) is 4.98 Å². The molecule has 4 aromatic rings. The summed E-state index contributed by atoms with van der Waals surface area (Å²) >= 11 is 0. The minimum absolute atomic E-state index is 0.0551. The number of imidazole rings is 1. The second-order valence-electron chi connectivity index (χ2n) is 6.96. The predicted octanol–water partition coefficient (Wildman–Crippen LogP) is 2.32. The number of aromatic amines is 1. The number of nitrogens with zero attached hydrogens (tertiary/aromatic N) is 5. The lowest BCUT2D eigenvalue weighted by Gasteiger charge is -2.17. The number of fused-ring (bicyclic) bond motifs is 3. The van der Waals surface area contributed by atoms with Crippen LogP contribution in [-0.4, -0.2) is 38.9 Å². The Morgan fingerprint density at radius 2 is 1.90 bits per heavy atom. The molecule has 0 aliphatic rings. The Bertz CT molecular complexity index is 1430. The molecule has 14 heteroatoms. The Balaban J connectivity index is 2.15. The fraction of sp³-hybridized carbons (Fsp3) is 0.294. The fourth-order valence-corrected chi connectivity index (χ4v) is 4.05. The van der Waals surface area contributed by atoms with Gasteiger partial charge in [0.15, 0.2) is 0 Å². The monoisotopic (exact) mass is 456 g/mol. The van der Waals surface area contributed by atoms with Crippen molar-refractivity contribution in [3.05, 3.63) is 51.6 Å². The molecule has 0 saturated heterocycles. The van der Waals surface area contributed by atoms with Crippen LogP contribution in [0.4, 0.5) is 13.2 Å². The molecule has 10 nitrogen and oxygen atoms in total. The summed E-state index contributed by atoms with van der Waals surface area (Å²) in [5, 5.41) is 7.31. The van der Waals surface area contributed by atoms with Crippen LogP contribution in [0.25, 0.3) is 22.4 Å². The lowest BCUT2D eigenvalue weighted by atomic mass is 10.1. The van der Waals surface area contributed by atoms with Crippen molar-refractivity contribution in [3.63, 3.8) is 0 Å². The van der Waals surface area contributed by atoms with Crippen molar-refractivity contribution in [1.82, 2.24) is 29.1 Å². The average Bonchev–Trinajstić information content (AvgIpc) is 3.23. The van der Waals surface area contributed by atoms with Gasteiger partial charge >= 0.3 is 13.8 Å². The summed E-state index contributed by atoms with van der Waals surface area (Å²) < 4.78 is 55.6. The molecule has 0 atom stereocenters. The molecule has 0 saturated carbocycles. The number of aryl methyl sites for hydroxylation is 2. The molecule has 164 valence electrons. The number of hydrogen-bond acceptors (Lipinski definition) is 5. The minimum atomic E-state index is -4.75. The first-order valence-electron chi connectivity index (χ1n) is 9.00. The Morgan fingerprint density at radius 1 is 1.19 bits per heavy atom. The van der Waals surface area contributed by atoms with Gasteiger partial charge in [-0.2, -0.15) is 13.2 Å². The molecule has 0 aliphatic carbocycles. The van der Waals surface area contributed by atoms with Crippen LogP contribution in [0.3, 0.4) is 0 Å². The molecule has 3 heterocycles. The summed E-state index contributed by atoms with van der Waals surface area (Å²) in [6, 6.07) is 1.95. The molecular formula is C17H16F3N6O4P. The molecule has 0 radical (unpaired) electrons. The lowest BCUT2D eigenvalue weighted by Crippen LogP contribution is -2.16. The minimum Gasteiger partial charge on any atom is -0.324 e. The molecule has 3 aromatic heterocycles. The zero-order valence-electron chi connectivity index (χ0n) is 16.2. The number of nitrogens with one attached hydrogen (secondary N) is 1.